The molecule has 2 rings (SSSR count). The summed E-state index contributed by atoms with van der Waals surface area (Å²) in [5.41, 5.74) is 1.69. The zero-order valence-corrected chi connectivity index (χ0v) is 17.8. The van der Waals surface area contributed by atoms with E-state index in [9.17, 15) is 9.59 Å². The van der Waals surface area contributed by atoms with Gasteiger partial charge in [0.25, 0.3) is 0 Å². The normalized spacial score (nSPS) is 11.7. The van der Waals surface area contributed by atoms with Crippen LogP contribution in [0.1, 0.15) is 12.5 Å². The van der Waals surface area contributed by atoms with E-state index >= 15 is 0 Å². The number of anilines is 1. The molecule has 1 atom stereocenters. The van der Waals surface area contributed by atoms with Crippen LogP contribution in [-0.2, 0) is 9.59 Å². The van der Waals surface area contributed by atoms with Crippen LogP contribution in [0.15, 0.2) is 56.3 Å². The fourth-order valence-corrected chi connectivity index (χ4v) is 3.68. The van der Waals surface area contributed by atoms with Crippen LogP contribution in [-0.4, -0.2) is 23.6 Å². The number of aryl methyl sites for hydroxylation is 1. The second kappa shape index (κ2) is 9.40. The minimum atomic E-state index is -0.289. The van der Waals surface area contributed by atoms with Gasteiger partial charge in [0.1, 0.15) is 0 Å². The summed E-state index contributed by atoms with van der Waals surface area (Å²) in [5.74, 6) is -0.421. The van der Waals surface area contributed by atoms with E-state index in [0.717, 1.165) is 25.1 Å². The number of carbonyl (C=O) groups is 2. The van der Waals surface area contributed by atoms with E-state index in [1.54, 1.807) is 0 Å². The maximum absolute atomic E-state index is 12.2. The van der Waals surface area contributed by atoms with Gasteiger partial charge in [0.2, 0.25) is 11.8 Å². The van der Waals surface area contributed by atoms with Gasteiger partial charge in [-0.15, -0.1) is 11.8 Å². The van der Waals surface area contributed by atoms with Crippen LogP contribution in [0.3, 0.4) is 0 Å². The van der Waals surface area contributed by atoms with Gasteiger partial charge >= 0.3 is 0 Å². The van der Waals surface area contributed by atoms with E-state index in [1.165, 1.54) is 11.8 Å². The van der Waals surface area contributed by atoms with Gasteiger partial charge in [-0.25, -0.2) is 0 Å². The molecule has 0 saturated heterocycles. The second-order valence-corrected chi connectivity index (χ2v) is 8.68. The Labute approximate surface area is 168 Å². The number of carbonyl (C=O) groups excluding carboxylic acids is 2. The number of thioether (sulfide) groups is 1. The van der Waals surface area contributed by atoms with Crippen molar-refractivity contribution in [2.24, 2.45) is 0 Å². The summed E-state index contributed by atoms with van der Waals surface area (Å²) >= 11 is 8.22. The highest BCUT2D eigenvalue weighted by Crippen LogP contribution is 2.25. The Kier molecular flexibility index (Phi) is 7.53. The predicted molar refractivity (Wildman–Crippen MR) is 110 cm³/mol. The molecule has 4 nitrogen and oxygen atoms in total. The molecule has 0 aromatic heterocycles. The molecule has 0 saturated carbocycles. The third-order valence-corrected chi connectivity index (χ3v) is 5.52. The molecule has 2 amide bonds. The summed E-state index contributed by atoms with van der Waals surface area (Å²) in [6.45, 7) is 3.67. The number of nitrogens with one attached hydrogen (secondary N) is 2. The van der Waals surface area contributed by atoms with Gasteiger partial charge in [-0.1, -0.05) is 31.9 Å². The molecule has 0 aliphatic carbocycles. The first-order valence-corrected chi connectivity index (χ1v) is 10.1. The monoisotopic (exact) mass is 484 g/mol. The topological polar surface area (TPSA) is 58.2 Å². The first-order chi connectivity index (χ1) is 11.8. The van der Waals surface area contributed by atoms with Crippen molar-refractivity contribution in [3.05, 3.63) is 57.0 Å². The summed E-state index contributed by atoms with van der Waals surface area (Å²) < 4.78 is 1.95. The average molecular weight is 486 g/mol. The van der Waals surface area contributed by atoms with Gasteiger partial charge < -0.3 is 10.6 Å². The predicted octanol–water partition coefficient (Wildman–Crippen LogP) is 4.76. The summed E-state index contributed by atoms with van der Waals surface area (Å²) in [7, 11) is 0. The third-order valence-electron chi connectivity index (χ3n) is 3.38. The molecule has 0 aliphatic heterocycles. The molecule has 132 valence electrons. The molecule has 0 aliphatic rings. The quantitative estimate of drug-likeness (QED) is 0.580. The number of hydrogen-bond acceptors (Lipinski definition) is 3. The molecular weight excluding hydrogens is 468 g/mol. The smallest absolute Gasteiger partial charge is 0.243 e. The first kappa shape index (κ1) is 20.0. The van der Waals surface area contributed by atoms with Crippen molar-refractivity contribution in [3.8, 4) is 0 Å². The van der Waals surface area contributed by atoms with Gasteiger partial charge in [-0.3, -0.25) is 9.59 Å². The molecule has 0 fully saturated rings. The van der Waals surface area contributed by atoms with Crippen LogP contribution < -0.4 is 10.6 Å². The van der Waals surface area contributed by atoms with Crippen LogP contribution in [0.4, 0.5) is 5.69 Å². The number of halogens is 2. The molecule has 25 heavy (non-hydrogen) atoms. The molecule has 2 aromatic carbocycles. The Balaban J connectivity index is 1.82. The van der Waals surface area contributed by atoms with E-state index in [0.29, 0.717) is 0 Å². The molecule has 0 bridgehead atoms. The van der Waals surface area contributed by atoms with Gasteiger partial charge in [-0.2, -0.15) is 0 Å². The maximum atomic E-state index is 12.2. The van der Waals surface area contributed by atoms with Crippen molar-refractivity contribution in [1.29, 1.82) is 0 Å². The first-order valence-electron chi connectivity index (χ1n) is 7.61. The van der Waals surface area contributed by atoms with Crippen molar-refractivity contribution in [3.63, 3.8) is 0 Å². The van der Waals surface area contributed by atoms with Crippen LogP contribution in [0.25, 0.3) is 0 Å². The fourth-order valence-electron chi connectivity index (χ4n) is 2.04. The fraction of sp³-hybridized carbons (Fsp3) is 0.222. The van der Waals surface area contributed by atoms with Gasteiger partial charge in [0, 0.05) is 19.5 Å². The lowest BCUT2D eigenvalue weighted by molar-refractivity contribution is -0.123. The Morgan fingerprint density at radius 2 is 1.72 bits per heavy atom. The number of rotatable bonds is 6. The van der Waals surface area contributed by atoms with Gasteiger partial charge in [0.05, 0.1) is 11.8 Å². The van der Waals surface area contributed by atoms with Crippen LogP contribution in [0.5, 0.6) is 0 Å². The highest BCUT2D eigenvalue weighted by Gasteiger charge is 2.15. The Hall–Kier alpha value is -1.31. The Bertz CT molecular complexity index is 766. The lowest BCUT2D eigenvalue weighted by atomic mass is 10.2. The number of hydrogen-bond donors (Lipinski definition) is 2. The van der Waals surface area contributed by atoms with Crippen molar-refractivity contribution < 1.29 is 9.59 Å². The molecule has 0 radical (unpaired) electrons. The number of benzene rings is 2. The maximum Gasteiger partial charge on any atom is 0.243 e. The molecular formula is C18H18Br2N2O2S. The molecule has 2 N–H and O–H groups in total. The highest BCUT2D eigenvalue weighted by atomic mass is 79.9. The average Bonchev–Trinajstić information content (AvgIpc) is 2.57. The zero-order chi connectivity index (χ0) is 18.4. The van der Waals surface area contributed by atoms with Crippen LogP contribution in [0.2, 0.25) is 0 Å². The standard InChI is InChI=1S/C18H18Br2N2O2S/c1-11-9-14(20)5-8-16(11)22-17(23)10-21-18(24)12(2)25-15-6-3-13(19)4-7-15/h3-9,12H,10H2,1-2H3,(H,21,24)(H,22,23). The summed E-state index contributed by atoms with van der Waals surface area (Å²) in [4.78, 5) is 25.2. The van der Waals surface area contributed by atoms with Gasteiger partial charge in [-0.05, 0) is 61.9 Å². The van der Waals surface area contributed by atoms with Crippen molar-refractivity contribution in [1.82, 2.24) is 5.32 Å². The van der Waals surface area contributed by atoms with Crippen molar-refractivity contribution >= 4 is 61.1 Å². The Morgan fingerprint density at radius 1 is 1.08 bits per heavy atom. The van der Waals surface area contributed by atoms with Crippen LogP contribution >= 0.6 is 43.6 Å². The number of amides is 2. The largest absolute Gasteiger partial charge is 0.346 e. The lowest BCUT2D eigenvalue weighted by Gasteiger charge is -2.13. The summed E-state index contributed by atoms with van der Waals surface area (Å²) in [6.07, 6.45) is 0. The minimum Gasteiger partial charge on any atom is -0.346 e. The molecule has 0 spiro atoms. The SMILES string of the molecule is Cc1cc(Br)ccc1NC(=O)CNC(=O)C(C)Sc1ccc(Br)cc1. The van der Waals surface area contributed by atoms with E-state index < -0.39 is 0 Å². The molecule has 1 unspecified atom stereocenters. The zero-order valence-electron chi connectivity index (χ0n) is 13.8. The lowest BCUT2D eigenvalue weighted by Crippen LogP contribution is -2.37. The van der Waals surface area contributed by atoms with E-state index in [4.69, 9.17) is 0 Å². The van der Waals surface area contributed by atoms with E-state index in [-0.39, 0.29) is 23.6 Å². The summed E-state index contributed by atoms with van der Waals surface area (Å²) in [5, 5.41) is 5.19. The van der Waals surface area contributed by atoms with Crippen LogP contribution in [0, 0.1) is 6.92 Å². The highest BCUT2D eigenvalue weighted by molar-refractivity contribution is 9.10. The van der Waals surface area contributed by atoms with Crippen molar-refractivity contribution in [2.45, 2.75) is 24.0 Å². The van der Waals surface area contributed by atoms with Gasteiger partial charge in [0.15, 0.2) is 0 Å². The molecule has 2 aromatic rings. The molecule has 0 heterocycles. The third kappa shape index (κ3) is 6.49. The summed E-state index contributed by atoms with van der Waals surface area (Å²) in [6, 6.07) is 13.4. The second-order valence-electron chi connectivity index (χ2n) is 5.44. The molecule has 7 heteroatoms. The minimum absolute atomic E-state index is 0.0560. The Morgan fingerprint density at radius 3 is 2.36 bits per heavy atom. The van der Waals surface area contributed by atoms with Crippen molar-refractivity contribution in [2.75, 3.05) is 11.9 Å². The van der Waals surface area contributed by atoms with E-state index in [1.807, 2.05) is 56.3 Å². The van der Waals surface area contributed by atoms with E-state index in [2.05, 4.69) is 42.5 Å².